The van der Waals surface area contributed by atoms with Gasteiger partial charge in [0.2, 0.25) is 0 Å². The lowest BCUT2D eigenvalue weighted by Crippen LogP contribution is -2.17. The van der Waals surface area contributed by atoms with Crippen LogP contribution in [0.2, 0.25) is 0 Å². The fraction of sp³-hybridized carbons (Fsp3) is 0.600. The van der Waals surface area contributed by atoms with E-state index >= 15 is 0 Å². The lowest BCUT2D eigenvalue weighted by atomic mass is 10.3. The molecular formula is C5H7BrO2S. The zero-order chi connectivity index (χ0) is 7.07. The Morgan fingerprint density at radius 2 is 2.11 bits per heavy atom. The molecule has 52 valence electrons. The van der Waals surface area contributed by atoms with Gasteiger partial charge in [-0.05, 0) is 6.92 Å². The van der Waals surface area contributed by atoms with Crippen LogP contribution in [0, 0.1) is 0 Å². The number of allylic oxidation sites excluding steroid dienone is 1. The fourth-order valence-corrected chi connectivity index (χ4v) is 2.99. The molecule has 0 amide bonds. The molecule has 0 N–H and O–H groups in total. The quantitative estimate of drug-likeness (QED) is 0.562. The Kier molecular flexibility index (Phi) is 1.69. The first-order valence-electron chi connectivity index (χ1n) is 2.60. The van der Waals surface area contributed by atoms with Gasteiger partial charge in [0.25, 0.3) is 0 Å². The maximum atomic E-state index is 10.9. The summed E-state index contributed by atoms with van der Waals surface area (Å²) >= 11 is 3.21. The zero-order valence-corrected chi connectivity index (χ0v) is 7.31. The fourth-order valence-electron chi connectivity index (χ4n) is 0.646. The Morgan fingerprint density at radius 1 is 1.56 bits per heavy atom. The summed E-state index contributed by atoms with van der Waals surface area (Å²) in [6, 6.07) is 0. The van der Waals surface area contributed by atoms with Crippen molar-refractivity contribution >= 4 is 25.8 Å². The monoisotopic (exact) mass is 210 g/mol. The van der Waals surface area contributed by atoms with E-state index in [-0.39, 0.29) is 10.1 Å². The van der Waals surface area contributed by atoms with E-state index in [0.29, 0.717) is 0 Å². The molecule has 0 aromatic heterocycles. The molecule has 0 spiro atoms. The van der Waals surface area contributed by atoms with Crippen molar-refractivity contribution in [2.75, 3.05) is 0 Å². The predicted octanol–water partition coefficient (Wildman–Crippen LogP) is 1.08. The molecule has 0 saturated carbocycles. The summed E-state index contributed by atoms with van der Waals surface area (Å²) in [6.45, 7) is 1.69. The Bertz CT molecular complexity index is 229. The molecule has 0 saturated heterocycles. The van der Waals surface area contributed by atoms with E-state index < -0.39 is 9.84 Å². The Labute approximate surface area is 63.0 Å². The molecule has 2 atom stereocenters. The van der Waals surface area contributed by atoms with Crippen LogP contribution in [0.5, 0.6) is 0 Å². The van der Waals surface area contributed by atoms with Crippen LogP contribution in [0.3, 0.4) is 0 Å². The maximum absolute atomic E-state index is 10.9. The van der Waals surface area contributed by atoms with Crippen LogP contribution in [-0.4, -0.2) is 18.5 Å². The average Bonchev–Trinajstić information content (AvgIpc) is 1.97. The summed E-state index contributed by atoms with van der Waals surface area (Å²) in [5.41, 5.74) is 0. The highest BCUT2D eigenvalue weighted by molar-refractivity contribution is 9.09. The van der Waals surface area contributed by atoms with E-state index in [4.69, 9.17) is 0 Å². The molecule has 0 fully saturated rings. The summed E-state index contributed by atoms with van der Waals surface area (Å²) in [5.74, 6) is 0. The molecule has 0 aromatic rings. The first-order valence-corrected chi connectivity index (χ1v) is 5.13. The number of rotatable bonds is 0. The molecule has 0 aliphatic carbocycles. The van der Waals surface area contributed by atoms with Crippen LogP contribution >= 0.6 is 15.9 Å². The van der Waals surface area contributed by atoms with Gasteiger partial charge in [-0.2, -0.15) is 0 Å². The van der Waals surface area contributed by atoms with Crippen LogP contribution in [0.1, 0.15) is 6.92 Å². The SMILES string of the molecule is C[C@H]1[C@@H](Br)C=CS1(=O)=O. The van der Waals surface area contributed by atoms with Gasteiger partial charge in [0, 0.05) is 5.41 Å². The third kappa shape index (κ3) is 1.19. The van der Waals surface area contributed by atoms with Gasteiger partial charge in [0.1, 0.15) is 0 Å². The van der Waals surface area contributed by atoms with E-state index in [1.54, 1.807) is 13.0 Å². The van der Waals surface area contributed by atoms with Gasteiger partial charge in [0.15, 0.2) is 9.84 Å². The maximum Gasteiger partial charge on any atom is 0.175 e. The van der Waals surface area contributed by atoms with Crippen molar-refractivity contribution in [3.8, 4) is 0 Å². The van der Waals surface area contributed by atoms with E-state index in [9.17, 15) is 8.42 Å². The van der Waals surface area contributed by atoms with Gasteiger partial charge in [-0.3, -0.25) is 0 Å². The number of alkyl halides is 1. The highest BCUT2D eigenvalue weighted by Gasteiger charge is 2.29. The van der Waals surface area contributed by atoms with Crippen molar-refractivity contribution in [3.05, 3.63) is 11.5 Å². The van der Waals surface area contributed by atoms with Crippen molar-refractivity contribution in [3.63, 3.8) is 0 Å². The van der Waals surface area contributed by atoms with Gasteiger partial charge in [-0.25, -0.2) is 8.42 Å². The second-order valence-electron chi connectivity index (χ2n) is 2.07. The zero-order valence-electron chi connectivity index (χ0n) is 4.91. The van der Waals surface area contributed by atoms with Crippen molar-refractivity contribution in [1.82, 2.24) is 0 Å². The van der Waals surface area contributed by atoms with Crippen molar-refractivity contribution in [1.29, 1.82) is 0 Å². The summed E-state index contributed by atoms with van der Waals surface area (Å²) in [6.07, 6.45) is 1.65. The highest BCUT2D eigenvalue weighted by atomic mass is 79.9. The summed E-state index contributed by atoms with van der Waals surface area (Å²) in [5, 5.41) is 0.967. The third-order valence-electron chi connectivity index (χ3n) is 1.42. The second-order valence-corrected chi connectivity index (χ2v) is 5.32. The molecule has 1 rings (SSSR count). The lowest BCUT2D eigenvalue weighted by Gasteiger charge is -2.03. The third-order valence-corrected chi connectivity index (χ3v) is 4.73. The molecule has 1 aliphatic rings. The number of halogens is 1. The van der Waals surface area contributed by atoms with Crippen LogP contribution < -0.4 is 0 Å². The highest BCUT2D eigenvalue weighted by Crippen LogP contribution is 2.23. The standard InChI is InChI=1S/C5H7BrO2S/c1-4-5(6)2-3-9(4,7)8/h2-5H,1H3/t4-,5-/m0/s1. The average molecular weight is 211 g/mol. The molecule has 0 radical (unpaired) electrons. The molecule has 0 aromatic carbocycles. The van der Waals surface area contributed by atoms with Crippen LogP contribution in [0.25, 0.3) is 0 Å². The topological polar surface area (TPSA) is 34.1 Å². The minimum atomic E-state index is -2.90. The van der Waals surface area contributed by atoms with Crippen molar-refractivity contribution in [2.24, 2.45) is 0 Å². The molecule has 9 heavy (non-hydrogen) atoms. The predicted molar refractivity (Wildman–Crippen MR) is 40.2 cm³/mol. The molecule has 0 unspecified atom stereocenters. The first-order chi connectivity index (χ1) is 4.04. The molecule has 4 heteroatoms. The summed E-state index contributed by atoms with van der Waals surface area (Å²) in [7, 11) is -2.90. The molecule has 1 heterocycles. The minimum Gasteiger partial charge on any atom is -0.224 e. The van der Waals surface area contributed by atoms with Gasteiger partial charge >= 0.3 is 0 Å². The van der Waals surface area contributed by atoms with E-state index in [1.807, 2.05) is 0 Å². The molecular weight excluding hydrogens is 204 g/mol. The second kappa shape index (κ2) is 2.09. The van der Waals surface area contributed by atoms with E-state index in [2.05, 4.69) is 15.9 Å². The van der Waals surface area contributed by atoms with Gasteiger partial charge in [-0.15, -0.1) is 0 Å². The largest absolute Gasteiger partial charge is 0.224 e. The van der Waals surface area contributed by atoms with Crippen molar-refractivity contribution in [2.45, 2.75) is 17.0 Å². The normalized spacial score (nSPS) is 39.3. The van der Waals surface area contributed by atoms with Crippen LogP contribution in [0.4, 0.5) is 0 Å². The van der Waals surface area contributed by atoms with Gasteiger partial charge in [0.05, 0.1) is 10.1 Å². The van der Waals surface area contributed by atoms with Crippen molar-refractivity contribution < 1.29 is 8.42 Å². The summed E-state index contributed by atoms with van der Waals surface area (Å²) in [4.78, 5) is 0.00231. The molecule has 0 bridgehead atoms. The number of hydrogen-bond acceptors (Lipinski definition) is 2. The molecule has 2 nitrogen and oxygen atoms in total. The van der Waals surface area contributed by atoms with Crippen LogP contribution in [-0.2, 0) is 9.84 Å². The van der Waals surface area contributed by atoms with Gasteiger partial charge < -0.3 is 0 Å². The van der Waals surface area contributed by atoms with Crippen LogP contribution in [0.15, 0.2) is 11.5 Å². The number of sulfone groups is 1. The molecule has 1 aliphatic heterocycles. The van der Waals surface area contributed by atoms with E-state index in [1.165, 1.54) is 5.41 Å². The van der Waals surface area contributed by atoms with E-state index in [0.717, 1.165) is 0 Å². The Morgan fingerprint density at radius 3 is 2.22 bits per heavy atom. The Balaban J connectivity index is 3.01. The first kappa shape index (κ1) is 7.28. The Hall–Kier alpha value is 0.170. The smallest absolute Gasteiger partial charge is 0.175 e. The van der Waals surface area contributed by atoms with Gasteiger partial charge in [-0.1, -0.05) is 22.0 Å². The minimum absolute atomic E-state index is 0.00231. The number of hydrogen-bond donors (Lipinski definition) is 0. The summed E-state index contributed by atoms with van der Waals surface area (Å²) < 4.78 is 21.7. The lowest BCUT2D eigenvalue weighted by molar-refractivity contribution is 0.597.